The molecule has 0 aliphatic heterocycles. The van der Waals surface area contributed by atoms with Crippen molar-refractivity contribution >= 4 is 22.2 Å². The molecular weight excluding hydrogens is 368 g/mol. The number of aryl methyl sites for hydroxylation is 1. The molecule has 148 valence electrons. The Bertz CT molecular complexity index is 831. The molecular formula is C22H28N4OS. The molecule has 0 spiro atoms. The molecule has 0 bridgehead atoms. The average molecular weight is 397 g/mol. The molecule has 3 rings (SSSR count). The summed E-state index contributed by atoms with van der Waals surface area (Å²) in [6.45, 7) is 4.94. The summed E-state index contributed by atoms with van der Waals surface area (Å²) in [6.07, 6.45) is 11.2. The fraction of sp³-hybridized carbons (Fsp3) is 0.409. The Labute approximate surface area is 171 Å². The first-order valence-electron chi connectivity index (χ1n) is 9.99. The molecule has 6 heteroatoms. The number of hydrogen-bond donors (Lipinski definition) is 1. The van der Waals surface area contributed by atoms with Crippen LogP contribution < -0.4 is 10.1 Å². The predicted molar refractivity (Wildman–Crippen MR) is 116 cm³/mol. The molecule has 1 N–H and O–H groups in total. The first kappa shape index (κ1) is 20.3. The summed E-state index contributed by atoms with van der Waals surface area (Å²) in [5.74, 6) is 0.671. The van der Waals surface area contributed by atoms with Crippen molar-refractivity contribution in [3.63, 3.8) is 0 Å². The van der Waals surface area contributed by atoms with Crippen LogP contribution in [-0.4, -0.2) is 21.6 Å². The summed E-state index contributed by atoms with van der Waals surface area (Å²) in [5.41, 5.74) is 3.84. The third kappa shape index (κ3) is 6.30. The van der Waals surface area contributed by atoms with Gasteiger partial charge in [0.05, 0.1) is 24.2 Å². The van der Waals surface area contributed by atoms with Crippen LogP contribution in [0, 0.1) is 6.92 Å². The Morgan fingerprint density at radius 3 is 2.57 bits per heavy atom. The maximum absolute atomic E-state index is 5.73. The zero-order valence-corrected chi connectivity index (χ0v) is 17.5. The highest BCUT2D eigenvalue weighted by molar-refractivity contribution is 7.14. The zero-order chi connectivity index (χ0) is 19.6. The van der Waals surface area contributed by atoms with Crippen molar-refractivity contribution in [2.24, 2.45) is 0 Å². The van der Waals surface area contributed by atoms with E-state index in [1.54, 1.807) is 17.5 Å². The van der Waals surface area contributed by atoms with Gasteiger partial charge in [-0.05, 0) is 31.5 Å². The zero-order valence-electron chi connectivity index (χ0n) is 16.6. The minimum Gasteiger partial charge on any atom is -0.478 e. The molecule has 3 heterocycles. The second-order valence-electron chi connectivity index (χ2n) is 6.85. The number of thiazole rings is 1. The van der Waals surface area contributed by atoms with Crippen LogP contribution in [0.25, 0.3) is 11.3 Å². The number of nitrogens with zero attached hydrogens (tertiary/aromatic N) is 3. The largest absolute Gasteiger partial charge is 0.478 e. The Balaban J connectivity index is 1.45. The van der Waals surface area contributed by atoms with Crippen LogP contribution in [0.15, 0.2) is 42.0 Å². The summed E-state index contributed by atoms with van der Waals surface area (Å²) in [7, 11) is 0. The molecule has 0 fully saturated rings. The fourth-order valence-electron chi connectivity index (χ4n) is 2.81. The monoisotopic (exact) mass is 396 g/mol. The van der Waals surface area contributed by atoms with Gasteiger partial charge in [-0.2, -0.15) is 0 Å². The molecule has 0 atom stereocenters. The number of hydrogen-bond acceptors (Lipinski definition) is 6. The van der Waals surface area contributed by atoms with Gasteiger partial charge in [-0.25, -0.2) is 9.97 Å². The second kappa shape index (κ2) is 10.8. The molecule has 0 aliphatic rings. The van der Waals surface area contributed by atoms with Crippen molar-refractivity contribution in [2.45, 2.75) is 52.4 Å². The van der Waals surface area contributed by atoms with Crippen LogP contribution >= 0.6 is 11.3 Å². The molecule has 0 aliphatic carbocycles. The van der Waals surface area contributed by atoms with Crippen LogP contribution in [0.2, 0.25) is 0 Å². The minimum absolute atomic E-state index is 0.671. The Morgan fingerprint density at radius 2 is 1.82 bits per heavy atom. The van der Waals surface area contributed by atoms with Gasteiger partial charge in [-0.15, -0.1) is 11.3 Å². The normalized spacial score (nSPS) is 10.8. The van der Waals surface area contributed by atoms with E-state index in [9.17, 15) is 0 Å². The van der Waals surface area contributed by atoms with Gasteiger partial charge < -0.3 is 10.1 Å². The van der Waals surface area contributed by atoms with Gasteiger partial charge >= 0.3 is 0 Å². The van der Waals surface area contributed by atoms with Crippen molar-refractivity contribution in [1.29, 1.82) is 0 Å². The smallest absolute Gasteiger partial charge is 0.213 e. The molecule has 3 aromatic rings. The van der Waals surface area contributed by atoms with E-state index in [4.69, 9.17) is 4.74 Å². The first-order valence-corrected chi connectivity index (χ1v) is 10.9. The van der Waals surface area contributed by atoms with Crippen molar-refractivity contribution in [1.82, 2.24) is 15.0 Å². The Hall–Kier alpha value is -2.47. The Morgan fingerprint density at radius 1 is 0.964 bits per heavy atom. The topological polar surface area (TPSA) is 59.9 Å². The van der Waals surface area contributed by atoms with Gasteiger partial charge in [0.2, 0.25) is 5.88 Å². The van der Waals surface area contributed by atoms with E-state index in [1.807, 2.05) is 42.8 Å². The number of anilines is 2. The molecule has 0 saturated heterocycles. The average Bonchev–Trinajstić information content (AvgIpc) is 3.17. The minimum atomic E-state index is 0.671. The van der Waals surface area contributed by atoms with Crippen molar-refractivity contribution in [3.8, 4) is 17.1 Å². The standard InChI is InChI=1S/C22H28N4OS/c1-3-4-5-6-7-8-13-27-21-12-11-19(15-24-21)25-22-26-20(16-28-22)18-10-9-17(2)23-14-18/h9-12,14-16H,3-8,13H2,1-2H3,(H,25,26). The number of ether oxygens (including phenoxy) is 1. The molecule has 0 radical (unpaired) electrons. The van der Waals surface area contributed by atoms with E-state index in [0.717, 1.165) is 40.8 Å². The third-order valence-electron chi connectivity index (χ3n) is 4.45. The molecule has 3 aromatic heterocycles. The molecule has 28 heavy (non-hydrogen) atoms. The quantitative estimate of drug-likeness (QED) is 0.380. The van der Waals surface area contributed by atoms with Gasteiger partial charge in [0.25, 0.3) is 0 Å². The summed E-state index contributed by atoms with van der Waals surface area (Å²) in [5, 5.41) is 6.16. The van der Waals surface area contributed by atoms with Gasteiger partial charge in [0.1, 0.15) is 0 Å². The highest BCUT2D eigenvalue weighted by atomic mass is 32.1. The van der Waals surface area contributed by atoms with Crippen LogP contribution in [0.4, 0.5) is 10.8 Å². The summed E-state index contributed by atoms with van der Waals surface area (Å²) < 4.78 is 5.73. The first-order chi connectivity index (χ1) is 13.7. The highest BCUT2D eigenvalue weighted by Crippen LogP contribution is 2.27. The highest BCUT2D eigenvalue weighted by Gasteiger charge is 2.06. The van der Waals surface area contributed by atoms with Gasteiger partial charge in [0, 0.05) is 28.9 Å². The number of unbranched alkanes of at least 4 members (excludes halogenated alkanes) is 5. The van der Waals surface area contributed by atoms with E-state index in [0.29, 0.717) is 5.88 Å². The van der Waals surface area contributed by atoms with Crippen LogP contribution in [0.1, 0.15) is 51.1 Å². The van der Waals surface area contributed by atoms with Gasteiger partial charge in [-0.1, -0.05) is 39.0 Å². The van der Waals surface area contributed by atoms with Crippen LogP contribution in [0.3, 0.4) is 0 Å². The third-order valence-corrected chi connectivity index (χ3v) is 5.20. The predicted octanol–water partition coefficient (Wildman–Crippen LogP) is 6.39. The number of pyridine rings is 2. The van der Waals surface area contributed by atoms with Crippen molar-refractivity contribution < 1.29 is 4.74 Å². The van der Waals surface area contributed by atoms with E-state index < -0.39 is 0 Å². The lowest BCUT2D eigenvalue weighted by Crippen LogP contribution is -1.99. The molecule has 0 amide bonds. The second-order valence-corrected chi connectivity index (χ2v) is 7.71. The number of nitrogens with one attached hydrogen (secondary N) is 1. The lowest BCUT2D eigenvalue weighted by molar-refractivity contribution is 0.293. The van der Waals surface area contributed by atoms with Crippen LogP contribution in [-0.2, 0) is 0 Å². The van der Waals surface area contributed by atoms with Gasteiger partial charge in [0.15, 0.2) is 5.13 Å². The van der Waals surface area contributed by atoms with Crippen LogP contribution in [0.5, 0.6) is 5.88 Å². The van der Waals surface area contributed by atoms with E-state index >= 15 is 0 Å². The maximum Gasteiger partial charge on any atom is 0.213 e. The lowest BCUT2D eigenvalue weighted by atomic mass is 10.1. The number of aromatic nitrogens is 3. The van der Waals surface area contributed by atoms with Crippen molar-refractivity contribution in [3.05, 3.63) is 47.7 Å². The fourth-order valence-corrected chi connectivity index (χ4v) is 3.55. The molecule has 0 aromatic carbocycles. The molecule has 5 nitrogen and oxygen atoms in total. The maximum atomic E-state index is 5.73. The molecule has 0 unspecified atom stereocenters. The molecule has 0 saturated carbocycles. The Kier molecular flexibility index (Phi) is 7.79. The summed E-state index contributed by atoms with van der Waals surface area (Å²) >= 11 is 1.56. The lowest BCUT2D eigenvalue weighted by Gasteiger charge is -2.07. The van der Waals surface area contributed by atoms with Gasteiger partial charge in [-0.3, -0.25) is 4.98 Å². The van der Waals surface area contributed by atoms with E-state index in [2.05, 4.69) is 27.2 Å². The summed E-state index contributed by atoms with van der Waals surface area (Å²) in [6, 6.07) is 7.91. The SMILES string of the molecule is CCCCCCCCOc1ccc(Nc2nc(-c3ccc(C)nc3)cs2)cn1. The van der Waals surface area contributed by atoms with Crippen molar-refractivity contribution in [2.75, 3.05) is 11.9 Å². The summed E-state index contributed by atoms with van der Waals surface area (Å²) in [4.78, 5) is 13.3. The van der Waals surface area contributed by atoms with E-state index in [1.165, 1.54) is 32.1 Å². The number of rotatable bonds is 11. The van der Waals surface area contributed by atoms with E-state index in [-0.39, 0.29) is 0 Å².